The number of phenolic OH excluding ortho intramolecular Hbond substituents is 1. The van der Waals surface area contributed by atoms with Gasteiger partial charge in [-0.3, -0.25) is 5.01 Å². The van der Waals surface area contributed by atoms with Crippen molar-refractivity contribution in [1.29, 1.82) is 0 Å². The Bertz CT molecular complexity index is 1330. The average Bonchev–Trinajstić information content (AvgIpc) is 3.42. The number of H-pyrrole nitrogens is 1. The number of halogens is 2. The second-order valence-electron chi connectivity index (χ2n) is 7.18. The molecule has 1 aliphatic heterocycles. The molecule has 32 heavy (non-hydrogen) atoms. The maximum absolute atomic E-state index is 14.1. The molecule has 0 unspecified atom stereocenters. The molecule has 5 rings (SSSR count). The van der Waals surface area contributed by atoms with Gasteiger partial charge in [-0.25, -0.2) is 13.8 Å². The van der Waals surface area contributed by atoms with Crippen LogP contribution in [0.25, 0.3) is 22.6 Å². The fourth-order valence-electron chi connectivity index (χ4n) is 3.47. The third-order valence-electron chi connectivity index (χ3n) is 5.08. The van der Waals surface area contributed by atoms with E-state index in [0.29, 0.717) is 47.2 Å². The van der Waals surface area contributed by atoms with E-state index in [1.165, 1.54) is 25.3 Å². The maximum atomic E-state index is 14.1. The lowest BCUT2D eigenvalue weighted by Crippen LogP contribution is -2.21. The smallest absolute Gasteiger partial charge is 0.169 e. The van der Waals surface area contributed by atoms with Gasteiger partial charge in [0, 0.05) is 17.7 Å². The zero-order chi connectivity index (χ0) is 22.2. The van der Waals surface area contributed by atoms with Crippen LogP contribution in [-0.2, 0) is 13.1 Å². The monoisotopic (exact) mass is 437 g/mol. The Morgan fingerprint density at radius 1 is 1.19 bits per heavy atom. The van der Waals surface area contributed by atoms with Gasteiger partial charge in [-0.2, -0.15) is 5.10 Å². The first-order chi connectivity index (χ1) is 15.5. The summed E-state index contributed by atoms with van der Waals surface area (Å²) in [5.41, 5.74) is 2.32. The summed E-state index contributed by atoms with van der Waals surface area (Å²) in [5.74, 6) is -0.562. The van der Waals surface area contributed by atoms with Crippen LogP contribution in [0.4, 0.5) is 8.78 Å². The number of hydrazone groups is 1. The van der Waals surface area contributed by atoms with Crippen LogP contribution in [0.2, 0.25) is 0 Å². The van der Waals surface area contributed by atoms with Gasteiger partial charge in [0.05, 0.1) is 37.7 Å². The quantitative estimate of drug-likeness (QED) is 0.488. The number of methoxy groups -OCH3 is 1. The van der Waals surface area contributed by atoms with Gasteiger partial charge in [0.1, 0.15) is 28.7 Å². The van der Waals surface area contributed by atoms with Crippen molar-refractivity contribution in [3.8, 4) is 34.1 Å². The first-order valence-electron chi connectivity index (χ1n) is 9.67. The predicted molar refractivity (Wildman–Crippen MR) is 111 cm³/mol. The summed E-state index contributed by atoms with van der Waals surface area (Å²) in [5, 5.41) is 20.3. The lowest BCUT2D eigenvalue weighted by atomic mass is 10.1. The molecule has 0 spiro atoms. The van der Waals surface area contributed by atoms with Gasteiger partial charge in [-0.05, 0) is 24.3 Å². The molecule has 8 nitrogen and oxygen atoms in total. The number of hydrogen-bond donors (Lipinski definition) is 2. The van der Waals surface area contributed by atoms with Gasteiger partial charge in [0.2, 0.25) is 0 Å². The van der Waals surface area contributed by atoms with Crippen LogP contribution in [-0.4, -0.2) is 38.6 Å². The number of imidazole rings is 1. The number of nitrogens with one attached hydrogen (secondary N) is 1. The van der Waals surface area contributed by atoms with E-state index in [1.807, 2.05) is 0 Å². The minimum atomic E-state index is -0.955. The lowest BCUT2D eigenvalue weighted by Gasteiger charge is -2.19. The molecule has 4 aromatic rings. The number of phenols is 1. The highest BCUT2D eigenvalue weighted by Crippen LogP contribution is 2.32. The minimum Gasteiger partial charge on any atom is -0.507 e. The van der Waals surface area contributed by atoms with Crippen molar-refractivity contribution < 1.29 is 23.1 Å². The molecule has 0 aliphatic carbocycles. The van der Waals surface area contributed by atoms with Gasteiger partial charge < -0.3 is 19.4 Å². The highest BCUT2D eigenvalue weighted by Gasteiger charge is 2.21. The number of rotatable bonds is 5. The molecule has 162 valence electrons. The summed E-state index contributed by atoms with van der Waals surface area (Å²) < 4.78 is 38.1. The Hall–Kier alpha value is -4.21. The van der Waals surface area contributed by atoms with E-state index in [-0.39, 0.29) is 17.1 Å². The molecule has 0 fully saturated rings. The molecule has 2 aromatic carbocycles. The molecule has 1 aliphatic rings. The van der Waals surface area contributed by atoms with Crippen LogP contribution < -0.4 is 4.74 Å². The Balaban J connectivity index is 1.32. The molecule has 0 radical (unpaired) electrons. The molecule has 3 heterocycles. The van der Waals surface area contributed by atoms with Crippen molar-refractivity contribution in [1.82, 2.24) is 20.1 Å². The highest BCUT2D eigenvalue weighted by atomic mass is 19.2. The Labute approximate surface area is 180 Å². The molecule has 0 saturated carbocycles. The fraction of sp³-hybridized carbons (Fsp3) is 0.136. The molecule has 0 saturated heterocycles. The molecule has 0 atom stereocenters. The maximum Gasteiger partial charge on any atom is 0.169 e. The van der Waals surface area contributed by atoms with Crippen LogP contribution in [0, 0.1) is 11.6 Å². The predicted octanol–water partition coefficient (Wildman–Crippen LogP) is 4.07. The number of aromatic nitrogens is 3. The lowest BCUT2D eigenvalue weighted by molar-refractivity contribution is 0.229. The van der Waals surface area contributed by atoms with Crippen LogP contribution in [0.1, 0.15) is 17.1 Å². The molecular weight excluding hydrogens is 420 g/mol. The molecule has 2 N–H and O–H groups in total. The Kier molecular flexibility index (Phi) is 4.81. The van der Waals surface area contributed by atoms with E-state index in [9.17, 15) is 13.9 Å². The second kappa shape index (κ2) is 7.80. The number of hydrogen-bond acceptors (Lipinski definition) is 7. The molecule has 2 aromatic heterocycles. The molecule has 0 bridgehead atoms. The van der Waals surface area contributed by atoms with E-state index >= 15 is 0 Å². The number of fused-ring (bicyclic) bond motifs is 1. The van der Waals surface area contributed by atoms with Gasteiger partial charge >= 0.3 is 0 Å². The van der Waals surface area contributed by atoms with Crippen molar-refractivity contribution in [2.45, 2.75) is 13.1 Å². The zero-order valence-electron chi connectivity index (χ0n) is 16.8. The SMILES string of the molecule is COc1ccc(-c2cc(CN3Cc4[nH]c(-c5cccc(F)c5F)nc4C=N3)on2)c(O)c1. The summed E-state index contributed by atoms with van der Waals surface area (Å²) in [7, 11) is 1.52. The van der Waals surface area contributed by atoms with Gasteiger partial charge in [0.25, 0.3) is 0 Å². The van der Waals surface area contributed by atoms with Crippen LogP contribution in [0.3, 0.4) is 0 Å². The number of aromatic amines is 1. The molecule has 10 heteroatoms. The van der Waals surface area contributed by atoms with Crippen LogP contribution >= 0.6 is 0 Å². The number of nitrogens with zero attached hydrogens (tertiary/aromatic N) is 4. The van der Waals surface area contributed by atoms with E-state index in [4.69, 9.17) is 9.26 Å². The summed E-state index contributed by atoms with van der Waals surface area (Å²) in [6.45, 7) is 0.669. The highest BCUT2D eigenvalue weighted by molar-refractivity contribution is 5.80. The summed E-state index contributed by atoms with van der Waals surface area (Å²) >= 11 is 0. The normalized spacial score (nSPS) is 12.8. The van der Waals surface area contributed by atoms with E-state index in [1.54, 1.807) is 29.4 Å². The van der Waals surface area contributed by atoms with Crippen molar-refractivity contribution in [2.75, 3.05) is 7.11 Å². The van der Waals surface area contributed by atoms with Crippen molar-refractivity contribution in [3.05, 3.63) is 71.2 Å². The molecule has 0 amide bonds. The third kappa shape index (κ3) is 3.55. The topological polar surface area (TPSA) is 99.8 Å². The largest absolute Gasteiger partial charge is 0.507 e. The van der Waals surface area contributed by atoms with E-state index in [0.717, 1.165) is 6.07 Å². The first kappa shape index (κ1) is 19.7. The Morgan fingerprint density at radius 2 is 2.06 bits per heavy atom. The number of ether oxygens (including phenoxy) is 1. The van der Waals surface area contributed by atoms with Gasteiger partial charge in [-0.15, -0.1) is 0 Å². The van der Waals surface area contributed by atoms with E-state index in [2.05, 4.69) is 20.2 Å². The zero-order valence-corrected chi connectivity index (χ0v) is 16.8. The Morgan fingerprint density at radius 3 is 2.88 bits per heavy atom. The average molecular weight is 437 g/mol. The van der Waals surface area contributed by atoms with E-state index < -0.39 is 11.6 Å². The standard InChI is InChI=1S/C22H17F2N5O3/c1-31-12-5-6-14(20(30)8-12)17-7-13(32-28-17)10-29-11-19-18(9-25-29)26-22(27-19)15-3-2-4-16(23)21(15)24/h2-9,30H,10-11H2,1H3,(H,26,27). The number of benzene rings is 2. The summed E-state index contributed by atoms with van der Waals surface area (Å²) in [6, 6.07) is 10.6. The van der Waals surface area contributed by atoms with Gasteiger partial charge in [0.15, 0.2) is 17.4 Å². The molecular formula is C22H17F2N5O3. The third-order valence-corrected chi connectivity index (χ3v) is 5.08. The summed E-state index contributed by atoms with van der Waals surface area (Å²) in [6.07, 6.45) is 1.54. The minimum absolute atomic E-state index is 0.0272. The van der Waals surface area contributed by atoms with Crippen LogP contribution in [0.5, 0.6) is 11.5 Å². The number of aromatic hydroxyl groups is 1. The van der Waals surface area contributed by atoms with Crippen molar-refractivity contribution in [2.24, 2.45) is 5.10 Å². The fourth-order valence-corrected chi connectivity index (χ4v) is 3.47. The van der Waals surface area contributed by atoms with Crippen molar-refractivity contribution in [3.63, 3.8) is 0 Å². The summed E-state index contributed by atoms with van der Waals surface area (Å²) in [4.78, 5) is 7.36. The first-order valence-corrected chi connectivity index (χ1v) is 9.67. The second-order valence-corrected chi connectivity index (χ2v) is 7.18. The van der Waals surface area contributed by atoms with Gasteiger partial charge in [-0.1, -0.05) is 11.2 Å². The van der Waals surface area contributed by atoms with Crippen molar-refractivity contribution >= 4 is 6.21 Å². The van der Waals surface area contributed by atoms with Crippen LogP contribution in [0.15, 0.2) is 52.1 Å².